The van der Waals surface area contributed by atoms with Gasteiger partial charge in [0.1, 0.15) is 0 Å². The van der Waals surface area contributed by atoms with Gasteiger partial charge in [0.2, 0.25) is 0 Å². The Labute approximate surface area is 133 Å². The van der Waals surface area contributed by atoms with Crippen LogP contribution in [0.25, 0.3) is 0 Å². The lowest BCUT2D eigenvalue weighted by molar-refractivity contribution is 0.0435. The standard InChI is InChI=1S/C18H28N2O2/c1-13(2)16(15-7-5-4-6-8-15)11-19-18(22)20-10-9-14(3)17(21)12-20/h4-8,13-14,16-17,21H,9-12H2,1-3H3,(H,19,22). The summed E-state index contributed by atoms with van der Waals surface area (Å²) in [5.41, 5.74) is 1.25. The maximum absolute atomic E-state index is 12.3. The average Bonchev–Trinajstić information content (AvgIpc) is 2.50. The Balaban J connectivity index is 1.91. The number of likely N-dealkylation sites (tertiary alicyclic amines) is 1. The van der Waals surface area contributed by atoms with Crippen molar-refractivity contribution < 1.29 is 9.90 Å². The Morgan fingerprint density at radius 2 is 2.05 bits per heavy atom. The number of hydrogen-bond donors (Lipinski definition) is 2. The van der Waals surface area contributed by atoms with Gasteiger partial charge < -0.3 is 15.3 Å². The highest BCUT2D eigenvalue weighted by Crippen LogP contribution is 2.23. The first-order chi connectivity index (χ1) is 10.5. The normalized spacial score (nSPS) is 23.4. The lowest BCUT2D eigenvalue weighted by Crippen LogP contribution is -2.50. The van der Waals surface area contributed by atoms with E-state index in [4.69, 9.17) is 0 Å². The van der Waals surface area contributed by atoms with Crippen molar-refractivity contribution in [2.24, 2.45) is 11.8 Å². The summed E-state index contributed by atoms with van der Waals surface area (Å²) in [4.78, 5) is 14.0. The predicted octanol–water partition coefficient (Wildman–Crippen LogP) is 2.84. The second-order valence-electron chi connectivity index (χ2n) is 6.73. The topological polar surface area (TPSA) is 52.6 Å². The molecule has 4 nitrogen and oxygen atoms in total. The van der Waals surface area contributed by atoms with Crippen LogP contribution < -0.4 is 5.32 Å². The Morgan fingerprint density at radius 3 is 2.64 bits per heavy atom. The van der Waals surface area contributed by atoms with E-state index in [1.165, 1.54) is 5.56 Å². The van der Waals surface area contributed by atoms with E-state index in [1.54, 1.807) is 4.90 Å². The number of piperidine rings is 1. The van der Waals surface area contributed by atoms with Crippen LogP contribution in [0.3, 0.4) is 0 Å². The lowest BCUT2D eigenvalue weighted by Gasteiger charge is -2.34. The molecule has 2 N–H and O–H groups in total. The van der Waals surface area contributed by atoms with Crippen molar-refractivity contribution in [3.63, 3.8) is 0 Å². The van der Waals surface area contributed by atoms with E-state index in [2.05, 4.69) is 31.3 Å². The maximum atomic E-state index is 12.3. The van der Waals surface area contributed by atoms with Gasteiger partial charge in [0, 0.05) is 25.6 Å². The number of rotatable bonds is 4. The first kappa shape index (κ1) is 16.8. The fourth-order valence-corrected chi connectivity index (χ4v) is 2.98. The summed E-state index contributed by atoms with van der Waals surface area (Å²) in [5, 5.41) is 13.0. The van der Waals surface area contributed by atoms with Crippen LogP contribution in [0.1, 0.15) is 38.7 Å². The summed E-state index contributed by atoms with van der Waals surface area (Å²) in [6.07, 6.45) is 0.454. The van der Waals surface area contributed by atoms with Gasteiger partial charge in [-0.15, -0.1) is 0 Å². The van der Waals surface area contributed by atoms with E-state index < -0.39 is 6.10 Å². The second kappa shape index (κ2) is 7.63. The van der Waals surface area contributed by atoms with Crippen LogP contribution in [0.15, 0.2) is 30.3 Å². The predicted molar refractivity (Wildman–Crippen MR) is 88.8 cm³/mol. The molecule has 2 rings (SSSR count). The molecule has 0 spiro atoms. The smallest absolute Gasteiger partial charge is 0.317 e. The van der Waals surface area contributed by atoms with E-state index in [0.717, 1.165) is 13.0 Å². The molecule has 3 unspecified atom stereocenters. The third kappa shape index (κ3) is 4.23. The fraction of sp³-hybridized carbons (Fsp3) is 0.611. The zero-order chi connectivity index (χ0) is 16.1. The van der Waals surface area contributed by atoms with Gasteiger partial charge in [-0.2, -0.15) is 0 Å². The number of benzene rings is 1. The molecule has 22 heavy (non-hydrogen) atoms. The zero-order valence-electron chi connectivity index (χ0n) is 13.8. The summed E-state index contributed by atoms with van der Waals surface area (Å²) in [5.74, 6) is 1.03. The van der Waals surface area contributed by atoms with Gasteiger partial charge in [0.05, 0.1) is 6.10 Å². The molecule has 0 aliphatic carbocycles. The zero-order valence-corrected chi connectivity index (χ0v) is 13.8. The first-order valence-corrected chi connectivity index (χ1v) is 8.24. The van der Waals surface area contributed by atoms with E-state index >= 15 is 0 Å². The Kier molecular flexibility index (Phi) is 5.83. The summed E-state index contributed by atoms with van der Waals surface area (Å²) in [6.45, 7) is 8.17. The van der Waals surface area contributed by atoms with Crippen LogP contribution in [-0.4, -0.2) is 41.8 Å². The fourth-order valence-electron chi connectivity index (χ4n) is 2.98. The van der Waals surface area contributed by atoms with Crippen LogP contribution in [-0.2, 0) is 0 Å². The van der Waals surface area contributed by atoms with Gasteiger partial charge in [0.25, 0.3) is 0 Å². The highest BCUT2D eigenvalue weighted by Gasteiger charge is 2.27. The molecular weight excluding hydrogens is 276 g/mol. The van der Waals surface area contributed by atoms with Crippen molar-refractivity contribution >= 4 is 6.03 Å². The van der Waals surface area contributed by atoms with Crippen molar-refractivity contribution in [1.29, 1.82) is 0 Å². The maximum Gasteiger partial charge on any atom is 0.317 e. The largest absolute Gasteiger partial charge is 0.391 e. The number of carbonyl (C=O) groups is 1. The number of carbonyl (C=O) groups excluding carboxylic acids is 1. The summed E-state index contributed by atoms with van der Waals surface area (Å²) in [7, 11) is 0. The number of aliphatic hydroxyl groups is 1. The van der Waals surface area contributed by atoms with Crippen molar-refractivity contribution in [2.75, 3.05) is 19.6 Å². The number of urea groups is 1. The minimum absolute atomic E-state index is 0.0625. The van der Waals surface area contributed by atoms with Gasteiger partial charge in [-0.1, -0.05) is 51.1 Å². The number of nitrogens with zero attached hydrogens (tertiary/aromatic N) is 1. The highest BCUT2D eigenvalue weighted by molar-refractivity contribution is 5.74. The second-order valence-corrected chi connectivity index (χ2v) is 6.73. The van der Waals surface area contributed by atoms with Crippen molar-refractivity contribution in [1.82, 2.24) is 10.2 Å². The summed E-state index contributed by atoms with van der Waals surface area (Å²) >= 11 is 0. The molecule has 0 aromatic heterocycles. The lowest BCUT2D eigenvalue weighted by atomic mass is 9.88. The van der Waals surface area contributed by atoms with Crippen molar-refractivity contribution in [2.45, 2.75) is 39.2 Å². The van der Waals surface area contributed by atoms with Crippen molar-refractivity contribution in [3.8, 4) is 0 Å². The Morgan fingerprint density at radius 1 is 1.36 bits per heavy atom. The molecule has 3 atom stereocenters. The average molecular weight is 304 g/mol. The molecule has 1 aromatic rings. The first-order valence-electron chi connectivity index (χ1n) is 8.24. The molecular formula is C18H28N2O2. The quantitative estimate of drug-likeness (QED) is 0.898. The Bertz CT molecular complexity index is 475. The minimum Gasteiger partial charge on any atom is -0.391 e. The van der Waals surface area contributed by atoms with Crippen LogP contribution in [0.2, 0.25) is 0 Å². The molecule has 0 saturated carbocycles. The molecule has 2 amide bonds. The van der Waals surface area contributed by atoms with E-state index in [0.29, 0.717) is 24.9 Å². The highest BCUT2D eigenvalue weighted by atomic mass is 16.3. The number of amides is 2. The molecule has 1 aliphatic heterocycles. The van der Waals surface area contributed by atoms with E-state index in [1.807, 2.05) is 25.1 Å². The molecule has 122 valence electrons. The third-order valence-electron chi connectivity index (χ3n) is 4.71. The molecule has 1 aliphatic rings. The molecule has 0 bridgehead atoms. The third-order valence-corrected chi connectivity index (χ3v) is 4.71. The molecule has 1 saturated heterocycles. The van der Waals surface area contributed by atoms with Crippen LogP contribution in [0, 0.1) is 11.8 Å². The van der Waals surface area contributed by atoms with Gasteiger partial charge in [-0.05, 0) is 23.8 Å². The molecule has 0 radical (unpaired) electrons. The molecule has 4 heteroatoms. The minimum atomic E-state index is -0.408. The van der Waals surface area contributed by atoms with E-state index in [9.17, 15) is 9.90 Å². The van der Waals surface area contributed by atoms with Crippen LogP contribution in [0.5, 0.6) is 0 Å². The molecule has 1 fully saturated rings. The number of aliphatic hydroxyl groups excluding tert-OH is 1. The van der Waals surface area contributed by atoms with Crippen LogP contribution >= 0.6 is 0 Å². The summed E-state index contributed by atoms with van der Waals surface area (Å²) < 4.78 is 0. The van der Waals surface area contributed by atoms with E-state index in [-0.39, 0.29) is 11.9 Å². The molecule has 1 heterocycles. The molecule has 1 aromatic carbocycles. The van der Waals surface area contributed by atoms with Crippen LogP contribution in [0.4, 0.5) is 4.79 Å². The van der Waals surface area contributed by atoms with Gasteiger partial charge in [-0.3, -0.25) is 0 Å². The Hall–Kier alpha value is -1.55. The van der Waals surface area contributed by atoms with Gasteiger partial charge >= 0.3 is 6.03 Å². The summed E-state index contributed by atoms with van der Waals surface area (Å²) in [6, 6.07) is 10.2. The number of β-amino-alcohol motifs (C(OH)–C–C–N with tert-alkyl or cyclic N) is 1. The van der Waals surface area contributed by atoms with Gasteiger partial charge in [-0.25, -0.2) is 4.79 Å². The monoisotopic (exact) mass is 304 g/mol. The number of nitrogens with one attached hydrogen (secondary N) is 1. The van der Waals surface area contributed by atoms with Gasteiger partial charge in [0.15, 0.2) is 0 Å². The SMILES string of the molecule is CC(C)C(CNC(=O)N1CCC(C)C(O)C1)c1ccccc1. The van der Waals surface area contributed by atoms with Crippen molar-refractivity contribution in [3.05, 3.63) is 35.9 Å². The number of hydrogen-bond acceptors (Lipinski definition) is 2.